The molecule has 2 heterocycles. The maximum absolute atomic E-state index is 12.8. The van der Waals surface area contributed by atoms with Gasteiger partial charge in [-0.2, -0.15) is 0 Å². The zero-order chi connectivity index (χ0) is 25.2. The van der Waals surface area contributed by atoms with Crippen LogP contribution in [0.1, 0.15) is 47.3 Å². The molecule has 0 saturated carbocycles. The quantitative estimate of drug-likeness (QED) is 0.433. The number of carbonyl (C=O) groups excluding carboxylic acids is 2. The number of rotatable bonds is 5. The van der Waals surface area contributed by atoms with Crippen LogP contribution in [0.25, 0.3) is 0 Å². The van der Waals surface area contributed by atoms with Crippen molar-refractivity contribution in [2.24, 2.45) is 0 Å². The summed E-state index contributed by atoms with van der Waals surface area (Å²) >= 11 is 13.3. The van der Waals surface area contributed by atoms with Crippen LogP contribution in [0.5, 0.6) is 5.75 Å². The molecule has 0 fully saturated rings. The minimum Gasteiger partial charge on any atom is -0.485 e. The number of benzene rings is 2. The van der Waals surface area contributed by atoms with Crippen LogP contribution in [0, 0.1) is 0 Å². The third kappa shape index (κ3) is 6.62. The summed E-state index contributed by atoms with van der Waals surface area (Å²) in [6.07, 6.45) is 0.306. The molecule has 2 aromatic carbocycles. The van der Waals surface area contributed by atoms with E-state index in [4.69, 9.17) is 32.7 Å². The van der Waals surface area contributed by atoms with E-state index in [-0.39, 0.29) is 18.6 Å². The summed E-state index contributed by atoms with van der Waals surface area (Å²) in [5, 5.41) is 12.7. The predicted octanol–water partition coefficient (Wildman–Crippen LogP) is 5.97. The normalized spacial score (nSPS) is 13.2. The lowest BCUT2D eigenvalue weighted by molar-refractivity contribution is 0.0224. The summed E-state index contributed by atoms with van der Waals surface area (Å²) < 4.78 is 11.1. The molecule has 8 nitrogen and oxygen atoms in total. The number of fused-ring (bicyclic) bond motifs is 1. The Morgan fingerprint density at radius 2 is 1.91 bits per heavy atom. The van der Waals surface area contributed by atoms with E-state index in [1.54, 1.807) is 29.2 Å². The van der Waals surface area contributed by atoms with Gasteiger partial charge in [-0.15, -0.1) is 10.2 Å². The molecule has 1 N–H and O–H groups in total. The monoisotopic (exact) mass is 534 g/mol. The highest BCUT2D eigenvalue weighted by Crippen LogP contribution is 2.29. The lowest BCUT2D eigenvalue weighted by atomic mass is 9.97. The lowest BCUT2D eigenvalue weighted by Gasteiger charge is -2.31. The van der Waals surface area contributed by atoms with Crippen molar-refractivity contribution in [2.45, 2.75) is 45.9 Å². The molecule has 184 valence electrons. The van der Waals surface area contributed by atoms with Crippen LogP contribution in [-0.4, -0.2) is 39.2 Å². The Morgan fingerprint density at radius 1 is 1.11 bits per heavy atom. The highest BCUT2D eigenvalue weighted by molar-refractivity contribution is 7.15. The Morgan fingerprint density at radius 3 is 2.69 bits per heavy atom. The number of aromatic nitrogens is 2. The summed E-state index contributed by atoms with van der Waals surface area (Å²) in [7, 11) is 0. The van der Waals surface area contributed by atoms with Crippen molar-refractivity contribution in [3.8, 4) is 5.75 Å². The molecule has 1 aliphatic rings. The zero-order valence-corrected chi connectivity index (χ0v) is 21.8. The predicted molar refractivity (Wildman–Crippen MR) is 135 cm³/mol. The Balaban J connectivity index is 1.35. The molecule has 0 spiro atoms. The summed E-state index contributed by atoms with van der Waals surface area (Å²) in [5.41, 5.74) is 1.99. The summed E-state index contributed by atoms with van der Waals surface area (Å²) in [6.45, 7) is 6.65. The van der Waals surface area contributed by atoms with Crippen molar-refractivity contribution in [2.75, 3.05) is 11.9 Å². The fourth-order valence-corrected chi connectivity index (χ4v) is 4.42. The largest absolute Gasteiger partial charge is 0.485 e. The van der Waals surface area contributed by atoms with E-state index in [0.717, 1.165) is 11.1 Å². The second-order valence-corrected chi connectivity index (χ2v) is 10.9. The second kappa shape index (κ2) is 10.4. The van der Waals surface area contributed by atoms with E-state index in [1.807, 2.05) is 32.9 Å². The third-order valence-corrected chi connectivity index (χ3v) is 6.42. The molecule has 0 atom stereocenters. The Kier molecular flexibility index (Phi) is 7.49. The lowest BCUT2D eigenvalue weighted by Crippen LogP contribution is -2.39. The standard InChI is InChI=1S/C24H24Cl2N4O4S/c1-24(2,3)34-23(32)30-9-8-14-10-15(4-5-16(14)12-30)21(31)27-22-29-28-20(35-22)13-33-19-11-17(25)6-7-18(19)26/h4-7,10-11H,8-9,12-13H2,1-3H3,(H,27,29,31). The first-order chi connectivity index (χ1) is 16.6. The van der Waals surface area contributed by atoms with Gasteiger partial charge in [-0.1, -0.05) is 40.6 Å². The Labute approximate surface area is 217 Å². The maximum Gasteiger partial charge on any atom is 0.410 e. The maximum atomic E-state index is 12.8. The Hall–Kier alpha value is -2.88. The first-order valence-corrected chi connectivity index (χ1v) is 12.5. The number of anilines is 1. The van der Waals surface area contributed by atoms with E-state index in [1.165, 1.54) is 11.3 Å². The number of ether oxygens (including phenoxy) is 2. The highest BCUT2D eigenvalue weighted by atomic mass is 35.5. The number of amides is 2. The number of nitrogens with one attached hydrogen (secondary N) is 1. The van der Waals surface area contributed by atoms with E-state index in [2.05, 4.69) is 15.5 Å². The van der Waals surface area contributed by atoms with Crippen molar-refractivity contribution < 1.29 is 19.1 Å². The number of nitrogens with zero attached hydrogens (tertiary/aromatic N) is 3. The van der Waals surface area contributed by atoms with Gasteiger partial charge in [0.25, 0.3) is 5.91 Å². The van der Waals surface area contributed by atoms with Crippen LogP contribution >= 0.6 is 34.5 Å². The van der Waals surface area contributed by atoms with Gasteiger partial charge < -0.3 is 14.4 Å². The molecule has 0 saturated heterocycles. The van der Waals surface area contributed by atoms with Crippen LogP contribution in [0.4, 0.5) is 9.93 Å². The number of hydrogen-bond acceptors (Lipinski definition) is 7. The topological polar surface area (TPSA) is 93.7 Å². The van der Waals surface area contributed by atoms with Crippen LogP contribution in [0.3, 0.4) is 0 Å². The van der Waals surface area contributed by atoms with Gasteiger partial charge >= 0.3 is 6.09 Å². The smallest absolute Gasteiger partial charge is 0.410 e. The van der Waals surface area contributed by atoms with Gasteiger partial charge in [-0.05, 0) is 62.6 Å². The fourth-order valence-electron chi connectivity index (χ4n) is 3.44. The second-order valence-electron chi connectivity index (χ2n) is 8.95. The van der Waals surface area contributed by atoms with Crippen LogP contribution in [0.2, 0.25) is 10.0 Å². The molecular formula is C24H24Cl2N4O4S. The average molecular weight is 535 g/mol. The Bertz CT molecular complexity index is 1260. The summed E-state index contributed by atoms with van der Waals surface area (Å²) in [6, 6.07) is 10.4. The fraction of sp³-hybridized carbons (Fsp3) is 0.333. The van der Waals surface area contributed by atoms with Crippen molar-refractivity contribution in [3.05, 3.63) is 68.1 Å². The number of hydrogen-bond donors (Lipinski definition) is 1. The van der Waals surface area contributed by atoms with Crippen LogP contribution in [-0.2, 0) is 24.3 Å². The minimum absolute atomic E-state index is 0.139. The SMILES string of the molecule is CC(C)(C)OC(=O)N1CCc2cc(C(=O)Nc3nnc(COc4cc(Cl)ccc4Cl)s3)ccc2C1. The van der Waals surface area contributed by atoms with Gasteiger partial charge in [0.1, 0.15) is 18.0 Å². The molecule has 11 heteroatoms. The van der Waals surface area contributed by atoms with Crippen LogP contribution in [0.15, 0.2) is 36.4 Å². The van der Waals surface area contributed by atoms with Crippen molar-refractivity contribution in [1.82, 2.24) is 15.1 Å². The average Bonchev–Trinajstić information content (AvgIpc) is 3.25. The first-order valence-electron chi connectivity index (χ1n) is 10.9. The molecule has 0 aliphatic carbocycles. The molecule has 0 unspecified atom stereocenters. The number of halogens is 2. The molecule has 3 aromatic rings. The van der Waals surface area contributed by atoms with Gasteiger partial charge in [-0.3, -0.25) is 10.1 Å². The van der Waals surface area contributed by atoms with Gasteiger partial charge in [0.2, 0.25) is 5.13 Å². The van der Waals surface area contributed by atoms with Crippen molar-refractivity contribution in [1.29, 1.82) is 0 Å². The molecule has 1 aromatic heterocycles. The molecule has 0 radical (unpaired) electrons. The molecule has 0 bridgehead atoms. The van der Waals surface area contributed by atoms with Gasteiger partial charge in [0, 0.05) is 29.7 Å². The minimum atomic E-state index is -0.543. The van der Waals surface area contributed by atoms with E-state index in [9.17, 15) is 9.59 Å². The molecule has 2 amide bonds. The van der Waals surface area contributed by atoms with Gasteiger partial charge in [0.05, 0.1) is 5.02 Å². The van der Waals surface area contributed by atoms with Gasteiger partial charge in [-0.25, -0.2) is 4.79 Å². The van der Waals surface area contributed by atoms with E-state index >= 15 is 0 Å². The molecule has 1 aliphatic heterocycles. The molecule has 4 rings (SSSR count). The summed E-state index contributed by atoms with van der Waals surface area (Å²) in [5.74, 6) is 0.156. The van der Waals surface area contributed by atoms with Crippen LogP contribution < -0.4 is 10.1 Å². The van der Waals surface area contributed by atoms with E-state index in [0.29, 0.717) is 51.0 Å². The number of carbonyl (C=O) groups is 2. The molecular weight excluding hydrogens is 511 g/mol. The summed E-state index contributed by atoms with van der Waals surface area (Å²) in [4.78, 5) is 26.8. The zero-order valence-electron chi connectivity index (χ0n) is 19.4. The van der Waals surface area contributed by atoms with Crippen molar-refractivity contribution >= 4 is 51.7 Å². The van der Waals surface area contributed by atoms with Crippen molar-refractivity contribution in [3.63, 3.8) is 0 Å². The molecule has 35 heavy (non-hydrogen) atoms. The first kappa shape index (κ1) is 25.2. The highest BCUT2D eigenvalue weighted by Gasteiger charge is 2.26. The van der Waals surface area contributed by atoms with Gasteiger partial charge in [0.15, 0.2) is 5.01 Å². The third-order valence-electron chi connectivity index (χ3n) is 5.06. The van der Waals surface area contributed by atoms with E-state index < -0.39 is 5.60 Å².